The molecular weight excluding hydrogens is 388 g/mol. The number of rotatable bonds is 4. The van der Waals surface area contributed by atoms with Crippen LogP contribution in [0.5, 0.6) is 0 Å². The molecule has 2 atom stereocenters. The lowest BCUT2D eigenvalue weighted by Crippen LogP contribution is -2.59. The summed E-state index contributed by atoms with van der Waals surface area (Å²) in [6.07, 6.45) is 1.58. The third kappa shape index (κ3) is 2.38. The molecule has 3 aliphatic rings. The summed E-state index contributed by atoms with van der Waals surface area (Å²) in [5.41, 5.74) is 0.536. The Bertz CT molecular complexity index is 1010. The standard InChI is InChI=1S/C23H25F2N3O2/c1-22(2)15-7-8-23(22,21(29)28-10-13(11-28)12-30-3)20-14(15)9-18(26-27-20)19-16(24)5-4-6-17(19)25/h4-6,9,13,15H,7-8,10-12H2,1-3H3/t15-,23+/m1/s1. The summed E-state index contributed by atoms with van der Waals surface area (Å²) in [5.74, 6) is -0.754. The van der Waals surface area contributed by atoms with Crippen molar-refractivity contribution in [3.8, 4) is 11.3 Å². The Hall–Kier alpha value is -2.41. The number of hydrogen-bond acceptors (Lipinski definition) is 4. The minimum absolute atomic E-state index is 0.0974. The Morgan fingerprint density at radius 2 is 1.93 bits per heavy atom. The van der Waals surface area contributed by atoms with Gasteiger partial charge >= 0.3 is 0 Å². The van der Waals surface area contributed by atoms with Gasteiger partial charge in [0.15, 0.2) is 0 Å². The molecule has 2 bridgehead atoms. The Labute approximate surface area is 174 Å². The van der Waals surface area contributed by atoms with Gasteiger partial charge in [-0.3, -0.25) is 4.79 Å². The predicted octanol–water partition coefficient (Wildman–Crippen LogP) is 3.68. The number of benzene rings is 1. The van der Waals surface area contributed by atoms with Gasteiger partial charge < -0.3 is 9.64 Å². The zero-order chi connectivity index (χ0) is 21.3. The normalized spacial score (nSPS) is 26.6. The van der Waals surface area contributed by atoms with Crippen molar-refractivity contribution in [1.29, 1.82) is 0 Å². The highest BCUT2D eigenvalue weighted by Gasteiger charge is 2.68. The van der Waals surface area contributed by atoms with Crippen LogP contribution in [-0.4, -0.2) is 47.8 Å². The molecule has 7 heteroatoms. The Kier molecular flexibility index (Phi) is 4.26. The van der Waals surface area contributed by atoms with Gasteiger partial charge in [-0.1, -0.05) is 19.9 Å². The average Bonchev–Trinajstić information content (AvgIpc) is 3.05. The van der Waals surface area contributed by atoms with Gasteiger partial charge in [-0.2, -0.15) is 5.10 Å². The summed E-state index contributed by atoms with van der Waals surface area (Å²) in [4.78, 5) is 15.6. The second-order valence-electron chi connectivity index (χ2n) is 9.38. The van der Waals surface area contributed by atoms with Crippen LogP contribution in [-0.2, 0) is 14.9 Å². The average molecular weight is 413 g/mol. The van der Waals surface area contributed by atoms with Gasteiger partial charge in [0.05, 0.1) is 29.0 Å². The third-order valence-electron chi connectivity index (χ3n) is 7.61. The number of likely N-dealkylation sites (tertiary alicyclic amines) is 1. The Morgan fingerprint density at radius 3 is 2.60 bits per heavy atom. The topological polar surface area (TPSA) is 55.3 Å². The first-order valence-corrected chi connectivity index (χ1v) is 10.4. The minimum Gasteiger partial charge on any atom is -0.384 e. The second-order valence-corrected chi connectivity index (χ2v) is 9.38. The van der Waals surface area contributed by atoms with Crippen LogP contribution in [0.1, 0.15) is 43.9 Å². The van der Waals surface area contributed by atoms with E-state index in [0.29, 0.717) is 31.3 Å². The first-order chi connectivity index (χ1) is 14.3. The summed E-state index contributed by atoms with van der Waals surface area (Å²) in [6.45, 7) is 6.25. The van der Waals surface area contributed by atoms with Gasteiger partial charge in [0.2, 0.25) is 5.91 Å². The summed E-state index contributed by atoms with van der Waals surface area (Å²) in [7, 11) is 1.67. The van der Waals surface area contributed by atoms with Crippen molar-refractivity contribution in [2.24, 2.45) is 11.3 Å². The van der Waals surface area contributed by atoms with Crippen molar-refractivity contribution >= 4 is 5.91 Å². The number of fused-ring (bicyclic) bond motifs is 5. The largest absolute Gasteiger partial charge is 0.384 e. The number of hydrogen-bond donors (Lipinski definition) is 0. The van der Waals surface area contributed by atoms with Gasteiger partial charge in [-0.25, -0.2) is 8.78 Å². The van der Waals surface area contributed by atoms with E-state index in [2.05, 4.69) is 24.0 Å². The van der Waals surface area contributed by atoms with Crippen molar-refractivity contribution in [1.82, 2.24) is 15.1 Å². The molecule has 1 saturated heterocycles. The number of aromatic nitrogens is 2. The fourth-order valence-corrected chi connectivity index (χ4v) is 6.01. The van der Waals surface area contributed by atoms with Gasteiger partial charge in [-0.15, -0.1) is 5.10 Å². The van der Waals surface area contributed by atoms with Crippen LogP contribution in [0.2, 0.25) is 0 Å². The van der Waals surface area contributed by atoms with E-state index in [1.165, 1.54) is 18.2 Å². The van der Waals surface area contributed by atoms with Crippen LogP contribution in [0.4, 0.5) is 8.78 Å². The zero-order valence-corrected chi connectivity index (χ0v) is 17.4. The lowest BCUT2D eigenvalue weighted by Gasteiger charge is -2.46. The maximum Gasteiger partial charge on any atom is 0.235 e. The molecule has 0 spiro atoms. The quantitative estimate of drug-likeness (QED) is 0.767. The van der Waals surface area contributed by atoms with Crippen LogP contribution in [0.25, 0.3) is 11.3 Å². The highest BCUT2D eigenvalue weighted by molar-refractivity contribution is 5.92. The Balaban J connectivity index is 1.56. The van der Waals surface area contributed by atoms with Crippen molar-refractivity contribution in [3.63, 3.8) is 0 Å². The molecule has 2 aromatic rings. The van der Waals surface area contributed by atoms with E-state index in [4.69, 9.17) is 4.74 Å². The van der Waals surface area contributed by atoms with Crippen molar-refractivity contribution < 1.29 is 18.3 Å². The molecule has 0 radical (unpaired) electrons. The molecule has 5 nitrogen and oxygen atoms in total. The summed E-state index contributed by atoms with van der Waals surface area (Å²) >= 11 is 0. The number of nitrogens with zero attached hydrogens (tertiary/aromatic N) is 3. The van der Waals surface area contributed by atoms with E-state index >= 15 is 0 Å². The van der Waals surface area contributed by atoms with Gasteiger partial charge in [0.1, 0.15) is 11.6 Å². The Morgan fingerprint density at radius 1 is 1.23 bits per heavy atom. The predicted molar refractivity (Wildman–Crippen MR) is 107 cm³/mol. The maximum absolute atomic E-state index is 14.3. The number of carbonyl (C=O) groups is 1. The molecule has 1 saturated carbocycles. The number of methoxy groups -OCH3 is 1. The molecule has 2 aliphatic carbocycles. The molecule has 0 N–H and O–H groups in total. The van der Waals surface area contributed by atoms with Crippen molar-refractivity contribution in [3.05, 3.63) is 47.2 Å². The zero-order valence-electron chi connectivity index (χ0n) is 17.4. The highest BCUT2D eigenvalue weighted by atomic mass is 19.1. The lowest BCUT2D eigenvalue weighted by molar-refractivity contribution is -0.149. The second kappa shape index (κ2) is 6.54. The molecule has 5 rings (SSSR count). The molecule has 0 unspecified atom stereocenters. The maximum atomic E-state index is 14.3. The van der Waals surface area contributed by atoms with E-state index in [1.807, 2.05) is 4.90 Å². The molecular formula is C23H25F2N3O2. The van der Waals surface area contributed by atoms with Crippen LogP contribution in [0.3, 0.4) is 0 Å². The lowest BCUT2D eigenvalue weighted by atomic mass is 9.67. The van der Waals surface area contributed by atoms with E-state index in [0.717, 1.165) is 18.4 Å². The van der Waals surface area contributed by atoms with E-state index in [9.17, 15) is 13.6 Å². The van der Waals surface area contributed by atoms with E-state index in [-0.39, 0.29) is 28.5 Å². The first kappa shape index (κ1) is 19.5. The number of ether oxygens (including phenoxy) is 1. The molecule has 158 valence electrons. The van der Waals surface area contributed by atoms with Crippen LogP contribution < -0.4 is 0 Å². The molecule has 1 aromatic heterocycles. The SMILES string of the molecule is COCC1CN(C(=O)[C@]23CC[C@H](c4cc(-c5c(F)cccc5F)nnc42)C3(C)C)C1. The minimum atomic E-state index is -0.732. The van der Waals surface area contributed by atoms with Crippen LogP contribution >= 0.6 is 0 Å². The molecule has 2 fully saturated rings. The van der Waals surface area contributed by atoms with Crippen LogP contribution in [0, 0.1) is 23.0 Å². The van der Waals surface area contributed by atoms with Crippen molar-refractivity contribution in [2.45, 2.75) is 38.0 Å². The number of halogens is 2. The highest BCUT2D eigenvalue weighted by Crippen LogP contribution is 2.68. The third-order valence-corrected chi connectivity index (χ3v) is 7.61. The monoisotopic (exact) mass is 413 g/mol. The van der Waals surface area contributed by atoms with Gasteiger partial charge in [0, 0.05) is 26.1 Å². The van der Waals surface area contributed by atoms with Crippen molar-refractivity contribution in [2.75, 3.05) is 26.8 Å². The number of amides is 1. The summed E-state index contributed by atoms with van der Waals surface area (Å²) in [5, 5.41) is 8.61. The van der Waals surface area contributed by atoms with E-state index < -0.39 is 17.0 Å². The summed E-state index contributed by atoms with van der Waals surface area (Å²) in [6, 6.07) is 5.51. The van der Waals surface area contributed by atoms with Crippen LogP contribution in [0.15, 0.2) is 24.3 Å². The fourth-order valence-electron chi connectivity index (χ4n) is 6.01. The summed E-state index contributed by atoms with van der Waals surface area (Å²) < 4.78 is 33.8. The van der Waals surface area contributed by atoms with Gasteiger partial charge in [0.25, 0.3) is 0 Å². The number of carbonyl (C=O) groups excluding carboxylic acids is 1. The molecule has 1 aliphatic heterocycles. The smallest absolute Gasteiger partial charge is 0.235 e. The molecule has 30 heavy (non-hydrogen) atoms. The molecule has 1 amide bonds. The fraction of sp³-hybridized carbons (Fsp3) is 0.522. The van der Waals surface area contributed by atoms with E-state index in [1.54, 1.807) is 13.2 Å². The molecule has 2 heterocycles. The molecule has 1 aromatic carbocycles. The van der Waals surface area contributed by atoms with Gasteiger partial charge in [-0.05, 0) is 47.9 Å². The first-order valence-electron chi connectivity index (χ1n) is 10.4.